The third kappa shape index (κ3) is 7.11. The van der Waals surface area contributed by atoms with E-state index in [2.05, 4.69) is 4.74 Å². The minimum Gasteiger partial charge on any atom is -0.481 e. The fourth-order valence-corrected chi connectivity index (χ4v) is 1.65. The predicted octanol–water partition coefficient (Wildman–Crippen LogP) is 0.904. The molecule has 15 heavy (non-hydrogen) atoms. The van der Waals surface area contributed by atoms with Crippen LogP contribution in [-0.2, 0) is 23.6 Å². The van der Waals surface area contributed by atoms with E-state index in [-0.39, 0.29) is 6.35 Å². The van der Waals surface area contributed by atoms with Crippen LogP contribution in [0.4, 0.5) is 0 Å². The summed E-state index contributed by atoms with van der Waals surface area (Å²) in [6, 6.07) is 0. The lowest BCUT2D eigenvalue weighted by atomic mass is 10.4. The summed E-state index contributed by atoms with van der Waals surface area (Å²) in [6.07, 6.45) is -0.670. The predicted molar refractivity (Wildman–Crippen MR) is 53.3 cm³/mol. The molecule has 0 aromatic heterocycles. The van der Waals surface area contributed by atoms with Gasteiger partial charge in [-0.05, 0) is 13.8 Å². The van der Waals surface area contributed by atoms with Crippen LogP contribution in [0.5, 0.6) is 0 Å². The summed E-state index contributed by atoms with van der Waals surface area (Å²) in [6.45, 7) is 3.66. The third-order valence-corrected chi connectivity index (χ3v) is 3.02. The van der Waals surface area contributed by atoms with Gasteiger partial charge in [-0.1, -0.05) is 0 Å². The van der Waals surface area contributed by atoms with Gasteiger partial charge in [0.25, 0.3) is 0 Å². The van der Waals surface area contributed by atoms with Gasteiger partial charge in [-0.3, -0.25) is 9.59 Å². The van der Waals surface area contributed by atoms with Crippen LogP contribution in [0.2, 0.25) is 0 Å². The van der Waals surface area contributed by atoms with E-state index in [9.17, 15) is 14.2 Å². The zero-order valence-corrected chi connectivity index (χ0v) is 9.69. The highest BCUT2D eigenvalue weighted by atomic mass is 31.1. The van der Waals surface area contributed by atoms with Gasteiger partial charge in [0.15, 0.2) is 5.85 Å². The molecular formula is C8H15O6P. The summed E-state index contributed by atoms with van der Waals surface area (Å²) in [5, 5.41) is 8.28. The molecule has 2 atom stereocenters. The molecule has 0 aromatic carbocycles. The van der Waals surface area contributed by atoms with E-state index >= 15 is 0 Å². The van der Waals surface area contributed by atoms with Crippen LogP contribution in [0.15, 0.2) is 0 Å². The van der Waals surface area contributed by atoms with Crippen molar-refractivity contribution < 1.29 is 28.7 Å². The topological polar surface area (TPSA) is 89.9 Å². The van der Waals surface area contributed by atoms with E-state index in [0.717, 1.165) is 0 Å². The fraction of sp³-hybridized carbons (Fsp3) is 0.750. The Morgan fingerprint density at radius 1 is 1.47 bits per heavy atom. The van der Waals surface area contributed by atoms with Crippen LogP contribution in [-0.4, -0.2) is 35.8 Å². The molecule has 0 amide bonds. The average Bonchev–Trinajstić information content (AvgIpc) is 2.12. The highest BCUT2D eigenvalue weighted by Gasteiger charge is 2.17. The monoisotopic (exact) mass is 238 g/mol. The van der Waals surface area contributed by atoms with Gasteiger partial charge in [0.2, 0.25) is 0 Å². The molecule has 0 fully saturated rings. The van der Waals surface area contributed by atoms with Crippen molar-refractivity contribution >= 4 is 19.7 Å². The lowest BCUT2D eigenvalue weighted by Crippen LogP contribution is -2.16. The molecule has 0 aliphatic heterocycles. The van der Waals surface area contributed by atoms with Crippen molar-refractivity contribution in [3.63, 3.8) is 0 Å². The Hall–Kier alpha value is -0.870. The molecule has 0 rings (SSSR count). The number of esters is 1. The van der Waals surface area contributed by atoms with Crippen LogP contribution >= 0.6 is 7.80 Å². The first kappa shape index (κ1) is 14.1. The van der Waals surface area contributed by atoms with Gasteiger partial charge < -0.3 is 19.1 Å². The molecule has 0 spiro atoms. The van der Waals surface area contributed by atoms with Crippen LogP contribution in [0, 0.1) is 0 Å². The van der Waals surface area contributed by atoms with Gasteiger partial charge in [0, 0.05) is 6.61 Å². The van der Waals surface area contributed by atoms with Crippen molar-refractivity contribution in [1.82, 2.24) is 0 Å². The fourth-order valence-electron chi connectivity index (χ4n) is 0.748. The number of carboxylic acid groups (broad SMARTS) is 1. The largest absolute Gasteiger partial charge is 0.481 e. The molecule has 1 N–H and O–H groups in total. The van der Waals surface area contributed by atoms with E-state index < -0.39 is 32.0 Å². The number of hydrogen-bond acceptors (Lipinski definition) is 5. The summed E-state index contributed by atoms with van der Waals surface area (Å²) in [5.74, 6) is -2.94. The summed E-state index contributed by atoms with van der Waals surface area (Å²) in [7, 11) is -2.17. The molecule has 0 aliphatic carbocycles. The molecule has 0 radical (unpaired) electrons. The lowest BCUT2D eigenvalue weighted by Gasteiger charge is -2.12. The van der Waals surface area contributed by atoms with E-state index in [4.69, 9.17) is 9.84 Å². The van der Waals surface area contributed by atoms with Crippen LogP contribution in [0.25, 0.3) is 0 Å². The molecule has 0 aliphatic rings. The zero-order valence-electron chi connectivity index (χ0n) is 8.69. The van der Waals surface area contributed by atoms with E-state index in [1.165, 1.54) is 6.92 Å². The highest BCUT2D eigenvalue weighted by Crippen LogP contribution is 2.28. The zero-order chi connectivity index (χ0) is 11.8. The van der Waals surface area contributed by atoms with Crippen molar-refractivity contribution in [2.45, 2.75) is 26.1 Å². The van der Waals surface area contributed by atoms with Gasteiger partial charge in [0.1, 0.15) is 20.6 Å². The molecule has 7 heteroatoms. The second-order valence-electron chi connectivity index (χ2n) is 2.81. The standard InChI is InChI=1S/C8H15O6P/c1-3-13-5-15(12)6(2)14-8(11)4-7(9)10/h6,15H,3-5H2,1-2H3,(H,9,10). The number of carboxylic acids is 1. The summed E-state index contributed by atoms with van der Waals surface area (Å²) in [4.78, 5) is 21.0. The maximum Gasteiger partial charge on any atom is 0.317 e. The molecule has 88 valence electrons. The van der Waals surface area contributed by atoms with Crippen molar-refractivity contribution in [3.05, 3.63) is 0 Å². The van der Waals surface area contributed by atoms with Gasteiger partial charge in [0.05, 0.1) is 0 Å². The van der Waals surface area contributed by atoms with E-state index in [0.29, 0.717) is 6.61 Å². The maximum atomic E-state index is 11.4. The summed E-state index contributed by atoms with van der Waals surface area (Å²) < 4.78 is 20.9. The number of carbonyl (C=O) groups is 2. The van der Waals surface area contributed by atoms with Gasteiger partial charge in [-0.2, -0.15) is 0 Å². The average molecular weight is 238 g/mol. The second-order valence-corrected chi connectivity index (χ2v) is 4.84. The van der Waals surface area contributed by atoms with Crippen molar-refractivity contribution in [2.24, 2.45) is 0 Å². The van der Waals surface area contributed by atoms with Gasteiger partial charge >= 0.3 is 11.9 Å². The second kappa shape index (κ2) is 7.43. The Morgan fingerprint density at radius 3 is 2.53 bits per heavy atom. The number of aliphatic carboxylic acids is 1. The van der Waals surface area contributed by atoms with E-state index in [1.807, 2.05) is 0 Å². The Bertz CT molecular complexity index is 252. The molecule has 2 unspecified atom stereocenters. The molecule has 0 aromatic rings. The quantitative estimate of drug-likeness (QED) is 0.402. The number of hydrogen-bond donors (Lipinski definition) is 1. The van der Waals surface area contributed by atoms with Crippen molar-refractivity contribution in [1.29, 1.82) is 0 Å². The number of rotatable bonds is 7. The van der Waals surface area contributed by atoms with Crippen molar-refractivity contribution in [3.8, 4) is 0 Å². The van der Waals surface area contributed by atoms with Crippen LogP contribution in [0.1, 0.15) is 20.3 Å². The Labute approximate surface area is 88.3 Å². The van der Waals surface area contributed by atoms with E-state index in [1.54, 1.807) is 6.92 Å². The molecule has 6 nitrogen and oxygen atoms in total. The highest BCUT2D eigenvalue weighted by molar-refractivity contribution is 7.45. The Morgan fingerprint density at radius 2 is 2.07 bits per heavy atom. The molecule has 0 saturated heterocycles. The first-order valence-corrected chi connectivity index (χ1v) is 6.18. The van der Waals surface area contributed by atoms with Crippen molar-refractivity contribution in [2.75, 3.05) is 13.0 Å². The first-order valence-electron chi connectivity index (χ1n) is 4.49. The minimum atomic E-state index is -2.17. The van der Waals surface area contributed by atoms with Gasteiger partial charge in [-0.15, -0.1) is 0 Å². The minimum absolute atomic E-state index is 0.0443. The number of carbonyl (C=O) groups excluding carboxylic acids is 1. The van der Waals surface area contributed by atoms with Crippen LogP contribution < -0.4 is 0 Å². The SMILES string of the molecule is CCOC[PH](=O)C(C)OC(=O)CC(=O)O. The Kier molecular flexibility index (Phi) is 6.99. The molecule has 0 saturated carbocycles. The normalized spacial score (nSPS) is 14.3. The first-order chi connectivity index (χ1) is 6.97. The lowest BCUT2D eigenvalue weighted by molar-refractivity contribution is -0.152. The van der Waals surface area contributed by atoms with Crippen LogP contribution in [0.3, 0.4) is 0 Å². The van der Waals surface area contributed by atoms with Gasteiger partial charge in [-0.25, -0.2) is 0 Å². The molecule has 0 heterocycles. The number of ether oxygens (including phenoxy) is 2. The maximum absolute atomic E-state index is 11.4. The smallest absolute Gasteiger partial charge is 0.317 e. The third-order valence-electron chi connectivity index (χ3n) is 1.51. The Balaban J connectivity index is 3.90. The molecule has 0 bridgehead atoms. The molecular weight excluding hydrogens is 223 g/mol. The summed E-state index contributed by atoms with van der Waals surface area (Å²) >= 11 is 0. The summed E-state index contributed by atoms with van der Waals surface area (Å²) in [5.41, 5.74) is 0.